The van der Waals surface area contributed by atoms with E-state index in [4.69, 9.17) is 11.6 Å². The first-order chi connectivity index (χ1) is 13.4. The van der Waals surface area contributed by atoms with Crippen molar-refractivity contribution in [2.24, 2.45) is 0 Å². The highest BCUT2D eigenvalue weighted by molar-refractivity contribution is 6.31. The Labute approximate surface area is 169 Å². The third-order valence-corrected chi connectivity index (χ3v) is 5.76. The molecule has 152 valence electrons. The van der Waals surface area contributed by atoms with Crippen LogP contribution in [0, 0.1) is 10.1 Å². The second-order valence-corrected chi connectivity index (χ2v) is 7.86. The number of nitro groups is 1. The Morgan fingerprint density at radius 3 is 2.54 bits per heavy atom. The number of rotatable bonds is 4. The first-order valence-corrected chi connectivity index (χ1v) is 9.99. The molecule has 1 atom stereocenters. The van der Waals surface area contributed by atoms with Crippen molar-refractivity contribution in [2.45, 2.75) is 32.2 Å². The Hall–Kier alpha value is -2.19. The minimum Gasteiger partial charge on any atom is -0.339 e. The molecule has 1 aromatic rings. The van der Waals surface area contributed by atoms with Gasteiger partial charge in [-0.05, 0) is 38.3 Å². The zero-order valence-electron chi connectivity index (χ0n) is 16.0. The van der Waals surface area contributed by atoms with E-state index in [9.17, 15) is 19.7 Å². The SMILES string of the molecule is CC1CCCCN1C(=O)CN1CCN(C(=O)c2ccc(Cl)cc2[N+](=O)[O-])CC1. The van der Waals surface area contributed by atoms with Gasteiger partial charge in [-0.15, -0.1) is 0 Å². The number of nitrogens with zero attached hydrogens (tertiary/aromatic N) is 4. The molecule has 2 heterocycles. The van der Waals surface area contributed by atoms with Crippen LogP contribution in [0.4, 0.5) is 5.69 Å². The van der Waals surface area contributed by atoms with Crippen molar-refractivity contribution in [1.29, 1.82) is 0 Å². The van der Waals surface area contributed by atoms with Crippen molar-refractivity contribution >= 4 is 29.1 Å². The molecule has 2 aliphatic heterocycles. The highest BCUT2D eigenvalue weighted by atomic mass is 35.5. The van der Waals surface area contributed by atoms with Crippen molar-refractivity contribution in [3.8, 4) is 0 Å². The molecule has 8 nitrogen and oxygen atoms in total. The fourth-order valence-electron chi connectivity index (χ4n) is 3.87. The van der Waals surface area contributed by atoms with Crippen molar-refractivity contribution < 1.29 is 14.5 Å². The van der Waals surface area contributed by atoms with Gasteiger partial charge in [0.2, 0.25) is 5.91 Å². The highest BCUT2D eigenvalue weighted by Gasteiger charge is 2.30. The lowest BCUT2D eigenvalue weighted by atomic mass is 10.0. The monoisotopic (exact) mass is 408 g/mol. The summed E-state index contributed by atoms with van der Waals surface area (Å²) in [7, 11) is 0. The maximum atomic E-state index is 12.7. The fraction of sp³-hybridized carbons (Fsp3) is 0.579. The zero-order chi connectivity index (χ0) is 20.3. The number of hydrogen-bond donors (Lipinski definition) is 0. The molecule has 2 fully saturated rings. The number of carbonyl (C=O) groups excluding carboxylic acids is 2. The molecule has 0 spiro atoms. The van der Waals surface area contributed by atoms with E-state index in [1.165, 1.54) is 24.6 Å². The molecule has 3 rings (SSSR count). The van der Waals surface area contributed by atoms with Gasteiger partial charge in [0, 0.05) is 49.9 Å². The summed E-state index contributed by atoms with van der Waals surface area (Å²) in [5, 5.41) is 11.5. The minimum absolute atomic E-state index is 0.0427. The molecule has 28 heavy (non-hydrogen) atoms. The predicted octanol–water partition coefficient (Wildman–Crippen LogP) is 2.41. The molecule has 2 saturated heterocycles. The van der Waals surface area contributed by atoms with Crippen LogP contribution in [0.15, 0.2) is 18.2 Å². The van der Waals surface area contributed by atoms with E-state index in [1.807, 2.05) is 9.80 Å². The van der Waals surface area contributed by atoms with Crippen LogP contribution in [-0.4, -0.2) is 76.7 Å². The van der Waals surface area contributed by atoms with E-state index in [0.717, 1.165) is 19.4 Å². The molecule has 0 saturated carbocycles. The summed E-state index contributed by atoms with van der Waals surface area (Å²) >= 11 is 5.82. The lowest BCUT2D eigenvalue weighted by molar-refractivity contribution is -0.385. The highest BCUT2D eigenvalue weighted by Crippen LogP contribution is 2.25. The van der Waals surface area contributed by atoms with E-state index >= 15 is 0 Å². The van der Waals surface area contributed by atoms with Crippen LogP contribution in [0.3, 0.4) is 0 Å². The van der Waals surface area contributed by atoms with Crippen LogP contribution in [0.25, 0.3) is 0 Å². The van der Waals surface area contributed by atoms with Crippen LogP contribution < -0.4 is 0 Å². The Bertz CT molecular complexity index is 764. The summed E-state index contributed by atoms with van der Waals surface area (Å²) in [5.41, 5.74) is -0.240. The second kappa shape index (κ2) is 8.87. The van der Waals surface area contributed by atoms with Gasteiger partial charge in [0.05, 0.1) is 11.5 Å². The van der Waals surface area contributed by atoms with Crippen LogP contribution >= 0.6 is 11.6 Å². The topological polar surface area (TPSA) is 87.0 Å². The van der Waals surface area contributed by atoms with E-state index in [1.54, 1.807) is 4.90 Å². The first-order valence-electron chi connectivity index (χ1n) is 9.62. The second-order valence-electron chi connectivity index (χ2n) is 7.42. The standard InChI is InChI=1S/C19H25ClN4O4/c1-14-4-2-3-7-23(14)18(25)13-21-8-10-22(11-9-21)19(26)16-6-5-15(20)12-17(16)24(27)28/h5-6,12,14H,2-4,7-11,13H2,1H3. The van der Waals surface area contributed by atoms with E-state index in [0.29, 0.717) is 32.7 Å². The number of halogens is 1. The van der Waals surface area contributed by atoms with Gasteiger partial charge in [0.15, 0.2) is 0 Å². The molecular weight excluding hydrogens is 384 g/mol. The summed E-state index contributed by atoms with van der Waals surface area (Å²) in [5.74, 6) is -0.237. The van der Waals surface area contributed by atoms with Gasteiger partial charge in [-0.2, -0.15) is 0 Å². The lowest BCUT2D eigenvalue weighted by Crippen LogP contribution is -2.53. The van der Waals surface area contributed by atoms with E-state index < -0.39 is 4.92 Å². The number of piperidine rings is 1. The molecule has 0 aliphatic carbocycles. The molecule has 0 aromatic heterocycles. The average Bonchev–Trinajstić information content (AvgIpc) is 2.68. The minimum atomic E-state index is -0.589. The number of carbonyl (C=O) groups is 2. The van der Waals surface area contributed by atoms with Crippen LogP contribution in [0.2, 0.25) is 5.02 Å². The third-order valence-electron chi connectivity index (χ3n) is 5.53. The number of nitro benzene ring substituents is 1. The summed E-state index contributed by atoms with van der Waals surface area (Å²) < 4.78 is 0. The van der Waals surface area contributed by atoms with E-state index in [2.05, 4.69) is 6.92 Å². The molecule has 0 bridgehead atoms. The maximum absolute atomic E-state index is 12.7. The molecule has 0 radical (unpaired) electrons. The maximum Gasteiger partial charge on any atom is 0.283 e. The van der Waals surface area contributed by atoms with Crippen molar-refractivity contribution in [3.05, 3.63) is 38.9 Å². The summed E-state index contributed by atoms with van der Waals surface area (Å²) in [6.07, 6.45) is 3.27. The molecule has 1 unspecified atom stereocenters. The number of hydrogen-bond acceptors (Lipinski definition) is 5. The van der Waals surface area contributed by atoms with E-state index in [-0.39, 0.29) is 34.1 Å². The Morgan fingerprint density at radius 2 is 1.89 bits per heavy atom. The summed E-state index contributed by atoms with van der Waals surface area (Å²) in [6.45, 7) is 5.27. The zero-order valence-corrected chi connectivity index (χ0v) is 16.7. The van der Waals surface area contributed by atoms with Crippen molar-refractivity contribution in [3.63, 3.8) is 0 Å². The largest absolute Gasteiger partial charge is 0.339 e. The van der Waals surface area contributed by atoms with Crippen LogP contribution in [-0.2, 0) is 4.79 Å². The van der Waals surface area contributed by atoms with Crippen molar-refractivity contribution in [2.75, 3.05) is 39.3 Å². The molecule has 2 aliphatic rings. The van der Waals surface area contributed by atoms with Gasteiger partial charge < -0.3 is 9.80 Å². The molecule has 0 N–H and O–H groups in total. The normalized spacial score (nSPS) is 20.9. The summed E-state index contributed by atoms with van der Waals surface area (Å²) in [4.78, 5) is 41.6. The van der Waals surface area contributed by atoms with Gasteiger partial charge in [-0.25, -0.2) is 0 Å². The fourth-order valence-corrected chi connectivity index (χ4v) is 4.03. The Kier molecular flexibility index (Phi) is 6.51. The number of amides is 2. The van der Waals surface area contributed by atoms with Gasteiger partial charge in [-0.1, -0.05) is 11.6 Å². The van der Waals surface area contributed by atoms with Crippen LogP contribution in [0.1, 0.15) is 36.5 Å². The van der Waals surface area contributed by atoms with Gasteiger partial charge in [0.1, 0.15) is 5.56 Å². The number of benzene rings is 1. The van der Waals surface area contributed by atoms with Gasteiger partial charge >= 0.3 is 0 Å². The van der Waals surface area contributed by atoms with Gasteiger partial charge in [0.25, 0.3) is 11.6 Å². The summed E-state index contributed by atoms with van der Waals surface area (Å²) in [6, 6.07) is 4.37. The molecule has 1 aromatic carbocycles. The van der Waals surface area contributed by atoms with Gasteiger partial charge in [-0.3, -0.25) is 24.6 Å². The predicted molar refractivity (Wildman–Crippen MR) is 105 cm³/mol. The average molecular weight is 409 g/mol. The smallest absolute Gasteiger partial charge is 0.283 e. The van der Waals surface area contributed by atoms with Crippen molar-refractivity contribution in [1.82, 2.24) is 14.7 Å². The first kappa shape index (κ1) is 20.5. The third kappa shape index (κ3) is 4.62. The quantitative estimate of drug-likeness (QED) is 0.564. The number of likely N-dealkylation sites (tertiary alicyclic amines) is 1. The molecule has 2 amide bonds. The van der Waals surface area contributed by atoms with Crippen LogP contribution in [0.5, 0.6) is 0 Å². The number of piperazine rings is 1. The Balaban J connectivity index is 1.57. The molecule has 9 heteroatoms. The lowest BCUT2D eigenvalue weighted by Gasteiger charge is -2.38. The Morgan fingerprint density at radius 1 is 1.18 bits per heavy atom. The molecular formula is C19H25ClN4O4.